The normalized spacial score (nSPS) is 11.6. The van der Waals surface area contributed by atoms with E-state index in [0.717, 1.165) is 24.9 Å². The molecule has 0 bridgehead atoms. The third kappa shape index (κ3) is 4.48. The van der Waals surface area contributed by atoms with E-state index in [4.69, 9.17) is 0 Å². The molecule has 2 aromatic heterocycles. The second-order valence-electron chi connectivity index (χ2n) is 5.04. The fourth-order valence-corrected chi connectivity index (χ4v) is 5.85. The van der Waals surface area contributed by atoms with Crippen molar-refractivity contribution in [2.75, 3.05) is 18.9 Å². The molecule has 0 spiro atoms. The molecular weight excluding hydrogens is 412 g/mol. The molecule has 7 nitrogen and oxygen atoms in total. The van der Waals surface area contributed by atoms with Crippen LogP contribution >= 0.6 is 34.4 Å². The predicted octanol–water partition coefficient (Wildman–Crippen LogP) is 3.01. The molecule has 3 aromatic rings. The zero-order chi connectivity index (χ0) is 18.6. The smallest absolute Gasteiger partial charge is 0.252 e. The Labute approximate surface area is 163 Å². The summed E-state index contributed by atoms with van der Waals surface area (Å²) in [7, 11) is -2.28. The monoisotopic (exact) mass is 426 g/mol. The van der Waals surface area contributed by atoms with Crippen LogP contribution < -0.4 is 5.32 Å². The molecule has 0 radical (unpaired) electrons. The van der Waals surface area contributed by atoms with Crippen LogP contribution in [-0.2, 0) is 14.8 Å². The first kappa shape index (κ1) is 19.0. The molecular formula is C15H14N4O3S4. The van der Waals surface area contributed by atoms with E-state index in [1.54, 1.807) is 29.1 Å². The number of carbonyl (C=O) groups excluding carboxylic acids is 1. The number of carbonyl (C=O) groups is 1. The summed E-state index contributed by atoms with van der Waals surface area (Å²) in [5.74, 6) is -0.419. The highest BCUT2D eigenvalue weighted by Crippen LogP contribution is 2.33. The van der Waals surface area contributed by atoms with Crippen LogP contribution in [0.2, 0.25) is 0 Å². The number of hydrogen-bond donors (Lipinski definition) is 1. The molecule has 11 heteroatoms. The van der Waals surface area contributed by atoms with E-state index in [0.29, 0.717) is 5.69 Å². The maximum atomic E-state index is 12.4. The SMILES string of the molecule is CN(CC(=O)Nc1ccccc1Sc1nncs1)S(=O)(=O)c1cccs1. The van der Waals surface area contributed by atoms with Crippen molar-refractivity contribution in [3.63, 3.8) is 0 Å². The Morgan fingerprint density at radius 1 is 1.23 bits per heavy atom. The molecule has 1 aromatic carbocycles. The fraction of sp³-hybridized carbons (Fsp3) is 0.133. The van der Waals surface area contributed by atoms with Crippen molar-refractivity contribution in [2.24, 2.45) is 0 Å². The molecule has 1 amide bonds. The largest absolute Gasteiger partial charge is 0.324 e. The number of rotatable bonds is 7. The Hall–Kier alpha value is -1.79. The molecule has 0 aliphatic rings. The molecule has 26 heavy (non-hydrogen) atoms. The first-order valence-corrected chi connectivity index (χ1v) is 11.3. The summed E-state index contributed by atoms with van der Waals surface area (Å²) in [6, 6.07) is 10.4. The van der Waals surface area contributed by atoms with Crippen molar-refractivity contribution in [1.82, 2.24) is 14.5 Å². The lowest BCUT2D eigenvalue weighted by Gasteiger charge is -2.16. The molecule has 2 heterocycles. The Morgan fingerprint density at radius 3 is 2.73 bits per heavy atom. The highest BCUT2D eigenvalue weighted by atomic mass is 32.2. The molecule has 0 unspecified atom stereocenters. The maximum Gasteiger partial charge on any atom is 0.252 e. The summed E-state index contributed by atoms with van der Waals surface area (Å²) in [5, 5.41) is 12.2. The van der Waals surface area contributed by atoms with E-state index in [2.05, 4.69) is 15.5 Å². The number of anilines is 1. The number of sulfonamides is 1. The topological polar surface area (TPSA) is 92.3 Å². The van der Waals surface area contributed by atoms with Crippen molar-refractivity contribution in [3.05, 3.63) is 47.3 Å². The lowest BCUT2D eigenvalue weighted by Crippen LogP contribution is -2.34. The molecule has 136 valence electrons. The van der Waals surface area contributed by atoms with Gasteiger partial charge in [0.1, 0.15) is 9.72 Å². The third-order valence-corrected chi connectivity index (χ3v) is 8.25. The van der Waals surface area contributed by atoms with Gasteiger partial charge in [0.05, 0.1) is 12.2 Å². The summed E-state index contributed by atoms with van der Waals surface area (Å²) in [6.07, 6.45) is 0. The van der Waals surface area contributed by atoms with Crippen molar-refractivity contribution in [3.8, 4) is 0 Å². The van der Waals surface area contributed by atoms with Crippen molar-refractivity contribution >= 4 is 56.1 Å². The first-order valence-electron chi connectivity index (χ1n) is 7.29. The van der Waals surface area contributed by atoms with E-state index in [1.807, 2.05) is 12.1 Å². The van der Waals surface area contributed by atoms with Crippen LogP contribution in [0.1, 0.15) is 0 Å². The maximum absolute atomic E-state index is 12.4. The van der Waals surface area contributed by atoms with Gasteiger partial charge in [-0.15, -0.1) is 21.5 Å². The molecule has 0 aliphatic heterocycles. The van der Waals surface area contributed by atoms with Crippen molar-refractivity contribution in [1.29, 1.82) is 0 Å². The van der Waals surface area contributed by atoms with E-state index >= 15 is 0 Å². The van der Waals surface area contributed by atoms with Gasteiger partial charge >= 0.3 is 0 Å². The van der Waals surface area contributed by atoms with Crippen molar-refractivity contribution < 1.29 is 13.2 Å². The van der Waals surface area contributed by atoms with E-state index in [-0.39, 0.29) is 10.8 Å². The van der Waals surface area contributed by atoms with E-state index in [1.165, 1.54) is 36.2 Å². The second-order valence-corrected chi connectivity index (χ2v) is 10.4. The number of nitrogens with zero attached hydrogens (tertiary/aromatic N) is 3. The van der Waals surface area contributed by atoms with Crippen LogP contribution in [0.3, 0.4) is 0 Å². The average molecular weight is 427 g/mol. The standard InChI is InChI=1S/C15H14N4O3S4/c1-19(26(21,22)14-7-4-8-23-14)9-13(20)17-11-5-2-3-6-12(11)25-15-18-16-10-24-15/h2-8,10H,9H2,1H3,(H,17,20). The van der Waals surface area contributed by atoms with Gasteiger partial charge in [0.25, 0.3) is 10.0 Å². The lowest BCUT2D eigenvalue weighted by molar-refractivity contribution is -0.116. The molecule has 0 saturated heterocycles. The van der Waals surface area contributed by atoms with Gasteiger partial charge in [0, 0.05) is 11.9 Å². The van der Waals surface area contributed by atoms with Gasteiger partial charge in [-0.1, -0.05) is 41.3 Å². The Balaban J connectivity index is 1.69. The Kier molecular flexibility index (Phi) is 6.04. The molecule has 3 rings (SSSR count). The highest BCUT2D eigenvalue weighted by molar-refractivity contribution is 8.01. The summed E-state index contributed by atoms with van der Waals surface area (Å²) >= 11 is 3.90. The van der Waals surface area contributed by atoms with Crippen LogP contribution in [-0.4, -0.2) is 42.4 Å². The summed E-state index contributed by atoms with van der Waals surface area (Å²) in [4.78, 5) is 13.2. The molecule has 0 fully saturated rings. The molecule has 0 aliphatic carbocycles. The number of thiophene rings is 1. The summed E-state index contributed by atoms with van der Waals surface area (Å²) < 4.78 is 26.8. The highest BCUT2D eigenvalue weighted by Gasteiger charge is 2.24. The van der Waals surface area contributed by atoms with Gasteiger partial charge in [-0.05, 0) is 23.6 Å². The summed E-state index contributed by atoms with van der Waals surface area (Å²) in [6.45, 7) is -0.280. The number of hydrogen-bond acceptors (Lipinski definition) is 8. The minimum absolute atomic E-state index is 0.208. The number of aromatic nitrogens is 2. The van der Waals surface area contributed by atoms with Crippen LogP contribution in [0.5, 0.6) is 0 Å². The molecule has 0 saturated carbocycles. The van der Waals surface area contributed by atoms with Crippen LogP contribution in [0.4, 0.5) is 5.69 Å². The van der Waals surface area contributed by atoms with E-state index < -0.39 is 15.9 Å². The molecule has 0 atom stereocenters. The van der Waals surface area contributed by atoms with Crippen molar-refractivity contribution in [2.45, 2.75) is 13.4 Å². The number of likely N-dealkylation sites (N-methyl/N-ethyl adjacent to an activating group) is 1. The van der Waals surface area contributed by atoms with Crippen LogP contribution in [0.15, 0.2) is 60.7 Å². The quantitative estimate of drug-likeness (QED) is 0.624. The number of benzene rings is 1. The van der Waals surface area contributed by atoms with Gasteiger partial charge < -0.3 is 5.32 Å². The van der Waals surface area contributed by atoms with Crippen LogP contribution in [0.25, 0.3) is 0 Å². The van der Waals surface area contributed by atoms with Crippen LogP contribution in [0, 0.1) is 0 Å². The zero-order valence-corrected chi connectivity index (χ0v) is 16.8. The minimum atomic E-state index is -3.66. The zero-order valence-electron chi connectivity index (χ0n) is 13.5. The van der Waals surface area contributed by atoms with Gasteiger partial charge in [-0.25, -0.2) is 8.42 Å². The van der Waals surface area contributed by atoms with Gasteiger partial charge in [0.15, 0.2) is 4.34 Å². The van der Waals surface area contributed by atoms with Gasteiger partial charge in [-0.2, -0.15) is 4.31 Å². The average Bonchev–Trinajstić information content (AvgIpc) is 3.30. The second kappa shape index (κ2) is 8.27. The van der Waals surface area contributed by atoms with Gasteiger partial charge in [-0.3, -0.25) is 4.79 Å². The number of nitrogens with one attached hydrogen (secondary N) is 1. The fourth-order valence-electron chi connectivity index (χ4n) is 2.00. The summed E-state index contributed by atoms with van der Waals surface area (Å²) in [5.41, 5.74) is 2.23. The third-order valence-electron chi connectivity index (χ3n) is 3.22. The molecule has 1 N–H and O–H groups in total. The lowest BCUT2D eigenvalue weighted by atomic mass is 10.3. The number of para-hydroxylation sites is 1. The Bertz CT molecular complexity index is 972. The van der Waals surface area contributed by atoms with E-state index in [9.17, 15) is 13.2 Å². The first-order chi connectivity index (χ1) is 12.5. The number of amides is 1. The minimum Gasteiger partial charge on any atom is -0.324 e. The van der Waals surface area contributed by atoms with Gasteiger partial charge in [0.2, 0.25) is 5.91 Å². The predicted molar refractivity (Wildman–Crippen MR) is 103 cm³/mol. The Morgan fingerprint density at radius 2 is 2.04 bits per heavy atom.